The fourth-order valence-corrected chi connectivity index (χ4v) is 2.63. The summed E-state index contributed by atoms with van der Waals surface area (Å²) in [5.41, 5.74) is 0. The van der Waals surface area contributed by atoms with Gasteiger partial charge in [-0.3, -0.25) is 0 Å². The predicted octanol–water partition coefficient (Wildman–Crippen LogP) is 3.01. The van der Waals surface area contributed by atoms with Gasteiger partial charge in [0, 0.05) is 10.2 Å². The van der Waals surface area contributed by atoms with E-state index in [2.05, 4.69) is 50.9 Å². The minimum Gasteiger partial charge on any atom is -0.168 e. The van der Waals surface area contributed by atoms with Crippen LogP contribution in [0.3, 0.4) is 0 Å². The van der Waals surface area contributed by atoms with Crippen LogP contribution < -0.4 is 0 Å². The van der Waals surface area contributed by atoms with Crippen LogP contribution in [0.2, 0.25) is 0 Å². The number of rotatable bonds is 4. The molecule has 0 spiro atoms. The Hall–Kier alpha value is 0.960. The third-order valence-corrected chi connectivity index (χ3v) is 3.57. The lowest BCUT2D eigenvalue weighted by Gasteiger charge is -2.01. The van der Waals surface area contributed by atoms with Crippen LogP contribution in [0, 0.1) is 11.8 Å². The summed E-state index contributed by atoms with van der Waals surface area (Å²) in [7, 11) is 0. The van der Waals surface area contributed by atoms with Gasteiger partial charge in [-0.1, -0.05) is 11.8 Å². The second-order valence-electron chi connectivity index (χ2n) is 2.16. The highest BCUT2D eigenvalue weighted by Gasteiger charge is 1.96. The summed E-state index contributed by atoms with van der Waals surface area (Å²) in [5.74, 6) is 6.35. The number of hydrogen-bond donors (Lipinski definition) is 2. The van der Waals surface area contributed by atoms with Gasteiger partial charge in [-0.05, 0) is 13.8 Å². The minimum atomic E-state index is 0.394. The second-order valence-corrected chi connectivity index (χ2v) is 6.31. The lowest BCUT2D eigenvalue weighted by atomic mass is 10.4. The fraction of sp³-hybridized carbons (Fsp3) is 0.750. The van der Waals surface area contributed by atoms with E-state index in [1.54, 1.807) is 23.5 Å². The van der Waals surface area contributed by atoms with Crippen LogP contribution in [0.25, 0.3) is 0 Å². The SMILES string of the molecule is CC(C#CC(C)SCS)SCS. The summed E-state index contributed by atoms with van der Waals surface area (Å²) in [6, 6.07) is 0. The van der Waals surface area contributed by atoms with Crippen molar-refractivity contribution < 1.29 is 0 Å². The first kappa shape index (κ1) is 13.0. The maximum atomic E-state index is 4.12. The van der Waals surface area contributed by atoms with E-state index in [-0.39, 0.29) is 0 Å². The van der Waals surface area contributed by atoms with E-state index in [4.69, 9.17) is 0 Å². The normalized spacial score (nSPS) is 14.7. The molecule has 0 aliphatic heterocycles. The Morgan fingerprint density at radius 2 is 1.33 bits per heavy atom. The maximum absolute atomic E-state index is 4.12. The Balaban J connectivity index is 3.68. The van der Waals surface area contributed by atoms with E-state index < -0.39 is 0 Å². The van der Waals surface area contributed by atoms with E-state index in [0.717, 1.165) is 10.2 Å². The molecule has 0 saturated carbocycles. The first-order valence-corrected chi connectivity index (χ1v) is 7.03. The summed E-state index contributed by atoms with van der Waals surface area (Å²) in [4.78, 5) is 0. The molecule has 0 radical (unpaired) electrons. The lowest BCUT2D eigenvalue weighted by molar-refractivity contribution is 1.26. The molecule has 4 heteroatoms. The van der Waals surface area contributed by atoms with Gasteiger partial charge in [-0.2, -0.15) is 25.3 Å². The van der Waals surface area contributed by atoms with Gasteiger partial charge in [-0.25, -0.2) is 0 Å². The molecule has 70 valence electrons. The van der Waals surface area contributed by atoms with Gasteiger partial charge in [0.1, 0.15) is 0 Å². The van der Waals surface area contributed by atoms with Crippen LogP contribution in [-0.4, -0.2) is 20.7 Å². The van der Waals surface area contributed by atoms with Gasteiger partial charge >= 0.3 is 0 Å². The molecular weight excluding hydrogens is 224 g/mol. The van der Waals surface area contributed by atoms with Gasteiger partial charge < -0.3 is 0 Å². The Bertz CT molecular complexity index is 142. The molecule has 12 heavy (non-hydrogen) atoms. The molecule has 0 rings (SSSR count). The van der Waals surface area contributed by atoms with Gasteiger partial charge in [-0.15, -0.1) is 23.5 Å². The van der Waals surface area contributed by atoms with Crippen LogP contribution in [0.1, 0.15) is 13.8 Å². The van der Waals surface area contributed by atoms with Gasteiger partial charge in [0.05, 0.1) is 10.5 Å². The largest absolute Gasteiger partial charge is 0.168 e. The van der Waals surface area contributed by atoms with Crippen LogP contribution >= 0.6 is 48.8 Å². The summed E-state index contributed by atoms with van der Waals surface area (Å²) in [5, 5.41) is 2.46. The topological polar surface area (TPSA) is 0 Å². The van der Waals surface area contributed by atoms with E-state index in [9.17, 15) is 0 Å². The molecule has 0 aliphatic carbocycles. The summed E-state index contributed by atoms with van der Waals surface area (Å²) >= 11 is 11.8. The van der Waals surface area contributed by atoms with Crippen LogP contribution in [0.5, 0.6) is 0 Å². The quantitative estimate of drug-likeness (QED) is 0.439. The van der Waals surface area contributed by atoms with Gasteiger partial charge in [0.25, 0.3) is 0 Å². The average Bonchev–Trinajstić information content (AvgIpc) is 2.02. The van der Waals surface area contributed by atoms with Gasteiger partial charge in [0.2, 0.25) is 0 Å². The standard InChI is InChI=1S/C8H14S4/c1-7(11-5-9)3-4-8(2)12-6-10/h7-10H,5-6H2,1-2H3. The van der Waals surface area contributed by atoms with E-state index in [1.165, 1.54) is 0 Å². The molecule has 0 aromatic heterocycles. The Kier molecular flexibility index (Phi) is 9.24. The van der Waals surface area contributed by atoms with Crippen LogP contribution in [0.4, 0.5) is 0 Å². The lowest BCUT2D eigenvalue weighted by Crippen LogP contribution is -1.95. The van der Waals surface area contributed by atoms with E-state index in [1.807, 2.05) is 0 Å². The van der Waals surface area contributed by atoms with Crippen molar-refractivity contribution in [3.63, 3.8) is 0 Å². The zero-order valence-corrected chi connectivity index (χ0v) is 10.7. The molecule has 2 unspecified atom stereocenters. The Morgan fingerprint density at radius 1 is 1.00 bits per heavy atom. The molecule has 0 fully saturated rings. The molecule has 0 nitrogen and oxygen atoms in total. The highest BCUT2D eigenvalue weighted by Crippen LogP contribution is 2.12. The zero-order chi connectivity index (χ0) is 9.40. The number of hydrogen-bond acceptors (Lipinski definition) is 4. The molecule has 0 aliphatic rings. The van der Waals surface area contributed by atoms with Crippen molar-refractivity contribution in [2.45, 2.75) is 24.3 Å². The fourth-order valence-electron chi connectivity index (χ4n) is 0.542. The highest BCUT2D eigenvalue weighted by molar-refractivity contribution is 8.10. The van der Waals surface area contributed by atoms with Crippen molar-refractivity contribution in [2.24, 2.45) is 0 Å². The predicted molar refractivity (Wildman–Crippen MR) is 69.6 cm³/mol. The van der Waals surface area contributed by atoms with Crippen molar-refractivity contribution >= 4 is 48.8 Å². The van der Waals surface area contributed by atoms with Crippen molar-refractivity contribution in [2.75, 3.05) is 10.2 Å². The first-order chi connectivity index (χ1) is 5.70. The molecule has 0 bridgehead atoms. The van der Waals surface area contributed by atoms with Crippen molar-refractivity contribution in [3.05, 3.63) is 0 Å². The first-order valence-electron chi connectivity index (χ1n) is 3.66. The monoisotopic (exact) mass is 238 g/mol. The Labute approximate surface area is 94.8 Å². The molecule has 0 N–H and O–H groups in total. The molecular formula is C8H14S4. The summed E-state index contributed by atoms with van der Waals surface area (Å²) < 4.78 is 0. The molecule has 0 saturated heterocycles. The molecule has 0 aromatic carbocycles. The third-order valence-electron chi connectivity index (χ3n) is 1.14. The van der Waals surface area contributed by atoms with Crippen molar-refractivity contribution in [1.82, 2.24) is 0 Å². The molecule has 2 atom stereocenters. The molecule has 0 aromatic rings. The maximum Gasteiger partial charge on any atom is 0.0637 e. The van der Waals surface area contributed by atoms with Crippen LogP contribution in [0.15, 0.2) is 0 Å². The van der Waals surface area contributed by atoms with E-state index >= 15 is 0 Å². The zero-order valence-electron chi connectivity index (χ0n) is 7.28. The number of thiol groups is 2. The molecule has 0 heterocycles. The third kappa shape index (κ3) is 7.60. The van der Waals surface area contributed by atoms with Crippen LogP contribution in [-0.2, 0) is 0 Å². The van der Waals surface area contributed by atoms with E-state index in [0.29, 0.717) is 10.5 Å². The Morgan fingerprint density at radius 3 is 1.58 bits per heavy atom. The van der Waals surface area contributed by atoms with Crippen molar-refractivity contribution in [1.29, 1.82) is 0 Å². The summed E-state index contributed by atoms with van der Waals surface area (Å²) in [6.45, 7) is 4.21. The highest BCUT2D eigenvalue weighted by atomic mass is 32.2. The molecule has 0 amide bonds. The smallest absolute Gasteiger partial charge is 0.0637 e. The van der Waals surface area contributed by atoms with Crippen molar-refractivity contribution in [3.8, 4) is 11.8 Å². The average molecular weight is 238 g/mol. The minimum absolute atomic E-state index is 0.394. The number of thioether (sulfide) groups is 2. The summed E-state index contributed by atoms with van der Waals surface area (Å²) in [6.07, 6.45) is 0. The van der Waals surface area contributed by atoms with Gasteiger partial charge in [0.15, 0.2) is 0 Å². The second kappa shape index (κ2) is 8.55.